The predicted molar refractivity (Wildman–Crippen MR) is 94.1 cm³/mol. The molecule has 0 radical (unpaired) electrons. The highest BCUT2D eigenvalue weighted by molar-refractivity contribution is 14.0. The van der Waals surface area contributed by atoms with Crippen molar-refractivity contribution in [3.8, 4) is 0 Å². The number of nitrogens with zero attached hydrogens (tertiary/aromatic N) is 3. The number of likely N-dealkylation sites (tertiary alicyclic amines) is 2. The number of halogens is 1. The summed E-state index contributed by atoms with van der Waals surface area (Å²) in [6, 6.07) is 0.115. The van der Waals surface area contributed by atoms with Crippen molar-refractivity contribution in [3.05, 3.63) is 0 Å². The molecule has 2 aliphatic rings. The lowest BCUT2D eigenvalue weighted by molar-refractivity contribution is 0.00893. The van der Waals surface area contributed by atoms with Crippen LogP contribution in [0.25, 0.3) is 0 Å². The second-order valence-electron chi connectivity index (χ2n) is 6.57. The number of hydrogen-bond donors (Lipinski definition) is 1. The van der Waals surface area contributed by atoms with Gasteiger partial charge in [0.2, 0.25) is 0 Å². The Balaban J connectivity index is 0.00000220. The quantitative estimate of drug-likeness (QED) is 0.408. The zero-order valence-corrected chi connectivity index (χ0v) is 15.5. The normalized spacial score (nSPS) is 20.6. The number of ether oxygens (including phenoxy) is 1. The highest BCUT2D eigenvalue weighted by Gasteiger charge is 2.34. The van der Waals surface area contributed by atoms with Gasteiger partial charge in [0.05, 0.1) is 6.04 Å². The molecule has 6 nitrogen and oxygen atoms in total. The molecule has 0 aromatic heterocycles. The van der Waals surface area contributed by atoms with Gasteiger partial charge in [-0.1, -0.05) is 0 Å². The van der Waals surface area contributed by atoms with Crippen LogP contribution in [0.15, 0.2) is 4.99 Å². The molecule has 2 aliphatic heterocycles. The summed E-state index contributed by atoms with van der Waals surface area (Å²) in [6.45, 7) is 8.81. The van der Waals surface area contributed by atoms with Crippen molar-refractivity contribution in [2.24, 2.45) is 10.7 Å². The van der Waals surface area contributed by atoms with Crippen LogP contribution in [-0.4, -0.2) is 59.7 Å². The van der Waals surface area contributed by atoms with E-state index in [9.17, 15) is 4.79 Å². The van der Waals surface area contributed by atoms with Crippen LogP contribution in [-0.2, 0) is 4.74 Å². The maximum Gasteiger partial charge on any atom is 0.410 e. The van der Waals surface area contributed by atoms with Crippen molar-refractivity contribution < 1.29 is 9.53 Å². The molecule has 0 aliphatic carbocycles. The van der Waals surface area contributed by atoms with Crippen LogP contribution in [0, 0.1) is 0 Å². The summed E-state index contributed by atoms with van der Waals surface area (Å²) in [5, 5.41) is 0. The van der Waals surface area contributed by atoms with Crippen molar-refractivity contribution in [3.63, 3.8) is 0 Å². The van der Waals surface area contributed by atoms with Gasteiger partial charge in [0.1, 0.15) is 5.60 Å². The van der Waals surface area contributed by atoms with Gasteiger partial charge in [-0.25, -0.2) is 9.79 Å². The number of rotatable bonds is 1. The fourth-order valence-electron chi connectivity index (χ4n) is 2.40. The molecule has 0 saturated carbocycles. The highest BCUT2D eigenvalue weighted by atomic mass is 127. The van der Waals surface area contributed by atoms with E-state index >= 15 is 0 Å². The molecule has 0 atom stereocenters. The predicted octanol–water partition coefficient (Wildman–Crippen LogP) is 2.02. The third-order valence-electron chi connectivity index (χ3n) is 3.51. The van der Waals surface area contributed by atoms with E-state index < -0.39 is 5.60 Å². The Kier molecular flexibility index (Phi) is 6.55. The molecule has 0 bridgehead atoms. The van der Waals surface area contributed by atoms with E-state index in [1.165, 1.54) is 19.3 Å². The van der Waals surface area contributed by atoms with E-state index in [2.05, 4.69) is 9.89 Å². The Bertz CT molecular complexity index is 383. The molecule has 21 heavy (non-hydrogen) atoms. The fourth-order valence-corrected chi connectivity index (χ4v) is 2.40. The van der Waals surface area contributed by atoms with Crippen molar-refractivity contribution in [2.45, 2.75) is 51.7 Å². The molecular formula is C14H27IN4O2. The highest BCUT2D eigenvalue weighted by Crippen LogP contribution is 2.17. The van der Waals surface area contributed by atoms with Gasteiger partial charge in [-0.3, -0.25) is 0 Å². The van der Waals surface area contributed by atoms with Gasteiger partial charge in [0.25, 0.3) is 0 Å². The number of nitrogens with two attached hydrogens (primary N) is 1. The Morgan fingerprint density at radius 3 is 2.24 bits per heavy atom. The molecule has 2 saturated heterocycles. The third kappa shape index (κ3) is 5.52. The minimum Gasteiger partial charge on any atom is -0.444 e. The van der Waals surface area contributed by atoms with E-state index in [0.29, 0.717) is 19.0 Å². The Hall–Kier alpha value is -0.730. The van der Waals surface area contributed by atoms with Crippen LogP contribution in [0.5, 0.6) is 0 Å². The molecule has 2 heterocycles. The number of aliphatic imine (C=N–C) groups is 1. The summed E-state index contributed by atoms with van der Waals surface area (Å²) in [6.07, 6.45) is 3.38. The van der Waals surface area contributed by atoms with Crippen LogP contribution in [0.1, 0.15) is 40.0 Å². The molecular weight excluding hydrogens is 383 g/mol. The Morgan fingerprint density at radius 1 is 1.14 bits per heavy atom. The lowest BCUT2D eigenvalue weighted by Gasteiger charge is -2.38. The van der Waals surface area contributed by atoms with Crippen LogP contribution in [0.2, 0.25) is 0 Å². The van der Waals surface area contributed by atoms with E-state index in [1.807, 2.05) is 20.8 Å². The summed E-state index contributed by atoms with van der Waals surface area (Å²) in [7, 11) is 0. The smallest absolute Gasteiger partial charge is 0.410 e. The lowest BCUT2D eigenvalue weighted by Crippen LogP contribution is -2.55. The van der Waals surface area contributed by atoms with Crippen LogP contribution in [0.3, 0.4) is 0 Å². The maximum absolute atomic E-state index is 11.8. The van der Waals surface area contributed by atoms with Gasteiger partial charge >= 0.3 is 6.09 Å². The molecule has 0 unspecified atom stereocenters. The first kappa shape index (κ1) is 18.3. The summed E-state index contributed by atoms with van der Waals surface area (Å²) < 4.78 is 5.31. The molecule has 2 rings (SSSR count). The average molecular weight is 410 g/mol. The maximum atomic E-state index is 11.8. The lowest BCUT2D eigenvalue weighted by atomic mass is 10.1. The van der Waals surface area contributed by atoms with Crippen molar-refractivity contribution in [1.82, 2.24) is 9.80 Å². The van der Waals surface area contributed by atoms with Crippen molar-refractivity contribution in [1.29, 1.82) is 0 Å². The first-order valence-corrected chi connectivity index (χ1v) is 7.41. The number of piperidine rings is 1. The van der Waals surface area contributed by atoms with E-state index in [0.717, 1.165) is 13.1 Å². The largest absolute Gasteiger partial charge is 0.444 e. The summed E-state index contributed by atoms with van der Waals surface area (Å²) >= 11 is 0. The van der Waals surface area contributed by atoms with Gasteiger partial charge in [0.15, 0.2) is 5.96 Å². The van der Waals surface area contributed by atoms with Crippen LogP contribution < -0.4 is 5.73 Å². The third-order valence-corrected chi connectivity index (χ3v) is 3.51. The monoisotopic (exact) mass is 410 g/mol. The van der Waals surface area contributed by atoms with E-state index in [4.69, 9.17) is 10.5 Å². The number of carbonyl (C=O) groups excluding carboxylic acids is 1. The number of hydrogen-bond acceptors (Lipinski definition) is 3. The first-order chi connectivity index (χ1) is 9.35. The number of carbonyl (C=O) groups is 1. The van der Waals surface area contributed by atoms with Crippen molar-refractivity contribution in [2.75, 3.05) is 26.2 Å². The summed E-state index contributed by atoms with van der Waals surface area (Å²) in [4.78, 5) is 20.1. The van der Waals surface area contributed by atoms with Crippen LogP contribution >= 0.6 is 24.0 Å². The minimum absolute atomic E-state index is 0. The molecule has 0 spiro atoms. The fraction of sp³-hybridized carbons (Fsp3) is 0.857. The van der Waals surface area contributed by atoms with Gasteiger partial charge in [-0.2, -0.15) is 0 Å². The molecule has 7 heteroatoms. The second kappa shape index (κ2) is 7.51. The number of amides is 1. The molecule has 1 amide bonds. The van der Waals surface area contributed by atoms with Gasteiger partial charge in [-0.15, -0.1) is 24.0 Å². The minimum atomic E-state index is -0.446. The SMILES string of the molecule is CC(C)(C)OC(=O)N1CC(N=C(N)N2CCCCC2)C1.I. The second-order valence-corrected chi connectivity index (χ2v) is 6.57. The Labute approximate surface area is 144 Å². The van der Waals surface area contributed by atoms with Gasteiger partial charge < -0.3 is 20.3 Å². The molecule has 122 valence electrons. The standard InChI is InChI=1S/C14H26N4O2.HI/c1-14(2,3)20-13(19)18-9-11(10-18)16-12(15)17-7-5-4-6-8-17;/h11H,4-10H2,1-3H3,(H2,15,16);1H. The zero-order valence-electron chi connectivity index (χ0n) is 13.2. The Morgan fingerprint density at radius 2 is 1.71 bits per heavy atom. The van der Waals surface area contributed by atoms with E-state index in [-0.39, 0.29) is 36.1 Å². The average Bonchev–Trinajstić information content (AvgIpc) is 2.31. The summed E-state index contributed by atoms with van der Waals surface area (Å²) in [5.74, 6) is 0.624. The molecule has 0 aromatic carbocycles. The van der Waals surface area contributed by atoms with Crippen molar-refractivity contribution >= 4 is 36.0 Å². The number of guanidine groups is 1. The summed E-state index contributed by atoms with van der Waals surface area (Å²) in [5.41, 5.74) is 5.58. The molecule has 0 aromatic rings. The first-order valence-electron chi connectivity index (χ1n) is 7.41. The van der Waals surface area contributed by atoms with Crippen LogP contribution in [0.4, 0.5) is 4.79 Å². The van der Waals surface area contributed by atoms with Gasteiger partial charge in [0, 0.05) is 26.2 Å². The van der Waals surface area contributed by atoms with Gasteiger partial charge in [-0.05, 0) is 40.0 Å². The topological polar surface area (TPSA) is 71.2 Å². The molecule has 2 N–H and O–H groups in total. The zero-order chi connectivity index (χ0) is 14.8. The molecule has 2 fully saturated rings. The van der Waals surface area contributed by atoms with E-state index in [1.54, 1.807) is 4.90 Å².